The van der Waals surface area contributed by atoms with E-state index in [-0.39, 0.29) is 24.0 Å². The van der Waals surface area contributed by atoms with Crippen molar-refractivity contribution in [2.75, 3.05) is 22.1 Å². The Morgan fingerprint density at radius 1 is 1.35 bits per heavy atom. The fraction of sp³-hybridized carbons (Fsp3) is 0.538. The Balaban J connectivity index is 2.71. The first-order valence-corrected chi connectivity index (χ1v) is 6.99. The molecule has 1 aromatic rings. The minimum atomic E-state index is -1.36. The molecule has 0 fully saturated rings. The first kappa shape index (κ1) is 16.9. The highest BCUT2D eigenvalue weighted by Gasteiger charge is 2.42. The number of anilines is 3. The number of nitrogens with one attached hydrogen (secondary N) is 1. The molecule has 0 radical (unpaired) electrons. The van der Waals surface area contributed by atoms with Gasteiger partial charge in [-0.2, -0.15) is 4.98 Å². The summed E-state index contributed by atoms with van der Waals surface area (Å²) in [6.45, 7) is 3.70. The van der Waals surface area contributed by atoms with Crippen molar-refractivity contribution in [1.29, 1.82) is 0 Å². The van der Waals surface area contributed by atoms with Crippen LogP contribution >= 0.6 is 0 Å². The summed E-state index contributed by atoms with van der Waals surface area (Å²) in [7, 11) is 0. The van der Waals surface area contributed by atoms with Crippen molar-refractivity contribution in [3.63, 3.8) is 0 Å². The van der Waals surface area contributed by atoms with Gasteiger partial charge in [-0.25, -0.2) is 0 Å². The summed E-state index contributed by atoms with van der Waals surface area (Å²) < 4.78 is 0. The highest BCUT2D eigenvalue weighted by Crippen LogP contribution is 2.32. The summed E-state index contributed by atoms with van der Waals surface area (Å²) >= 11 is 0. The molecular formula is C13H19N5O5. The number of H-pyrrole nitrogens is 1. The third-order valence-electron chi connectivity index (χ3n) is 3.70. The number of amides is 2. The maximum absolute atomic E-state index is 12.3. The molecule has 2 rings (SSSR count). The minimum absolute atomic E-state index is 0.0528. The zero-order chi connectivity index (χ0) is 17.5. The van der Waals surface area contributed by atoms with E-state index in [1.165, 1.54) is 20.8 Å². The van der Waals surface area contributed by atoms with Crippen LogP contribution in [0.25, 0.3) is 0 Å². The average molecular weight is 325 g/mol. The van der Waals surface area contributed by atoms with E-state index in [4.69, 9.17) is 5.73 Å². The zero-order valence-electron chi connectivity index (χ0n) is 13.0. The number of aliphatic hydroxyl groups excluding tert-OH is 2. The molecule has 1 aliphatic rings. The number of hydrogen-bond acceptors (Lipinski definition) is 7. The molecule has 0 saturated carbocycles. The average Bonchev–Trinajstić information content (AvgIpc) is 2.43. The van der Waals surface area contributed by atoms with Gasteiger partial charge in [-0.3, -0.25) is 29.2 Å². The first-order chi connectivity index (χ1) is 10.6. The highest BCUT2D eigenvalue weighted by atomic mass is 16.3. The van der Waals surface area contributed by atoms with Crippen LogP contribution in [-0.2, 0) is 9.59 Å². The predicted octanol–water partition coefficient (Wildman–Crippen LogP) is -1.82. The smallest absolute Gasteiger partial charge is 0.278 e. The van der Waals surface area contributed by atoms with Crippen molar-refractivity contribution in [2.45, 2.75) is 39.0 Å². The quantitative estimate of drug-likeness (QED) is 0.499. The Morgan fingerprint density at radius 3 is 2.43 bits per heavy atom. The van der Waals surface area contributed by atoms with Crippen molar-refractivity contribution in [3.05, 3.63) is 10.4 Å². The first-order valence-electron chi connectivity index (χ1n) is 6.99. The van der Waals surface area contributed by atoms with Gasteiger partial charge < -0.3 is 15.9 Å². The van der Waals surface area contributed by atoms with Crippen LogP contribution in [0.2, 0.25) is 0 Å². The molecule has 0 bridgehead atoms. The van der Waals surface area contributed by atoms with E-state index in [1.807, 2.05) is 0 Å². The summed E-state index contributed by atoms with van der Waals surface area (Å²) in [5, 5.41) is 19.8. The van der Waals surface area contributed by atoms with Crippen molar-refractivity contribution >= 4 is 29.3 Å². The fourth-order valence-corrected chi connectivity index (χ4v) is 2.65. The van der Waals surface area contributed by atoms with Crippen molar-refractivity contribution in [2.24, 2.45) is 0 Å². The van der Waals surface area contributed by atoms with Gasteiger partial charge in [0, 0.05) is 13.8 Å². The van der Waals surface area contributed by atoms with Gasteiger partial charge in [0.1, 0.15) is 6.10 Å². The van der Waals surface area contributed by atoms with Crippen LogP contribution in [0.4, 0.5) is 17.5 Å². The lowest BCUT2D eigenvalue weighted by Crippen LogP contribution is -2.61. The second-order valence-corrected chi connectivity index (χ2v) is 5.44. The number of fused-ring (bicyclic) bond motifs is 1. The summed E-state index contributed by atoms with van der Waals surface area (Å²) in [4.78, 5) is 44.6. The monoisotopic (exact) mass is 325 g/mol. The normalized spacial score (nSPS) is 20.0. The molecule has 10 nitrogen and oxygen atoms in total. The molecule has 2 heterocycles. The van der Waals surface area contributed by atoms with E-state index >= 15 is 0 Å². The molecule has 3 atom stereocenters. The molecule has 126 valence electrons. The van der Waals surface area contributed by atoms with Crippen LogP contribution < -0.4 is 21.1 Å². The molecule has 1 aromatic heterocycles. The Hall–Kier alpha value is -2.46. The van der Waals surface area contributed by atoms with Gasteiger partial charge in [0.15, 0.2) is 11.5 Å². The Morgan fingerprint density at radius 2 is 1.96 bits per heavy atom. The third-order valence-corrected chi connectivity index (χ3v) is 3.70. The van der Waals surface area contributed by atoms with Crippen molar-refractivity contribution in [1.82, 2.24) is 9.97 Å². The predicted molar refractivity (Wildman–Crippen MR) is 81.9 cm³/mol. The Kier molecular flexibility index (Phi) is 4.39. The molecule has 23 heavy (non-hydrogen) atoms. The van der Waals surface area contributed by atoms with Gasteiger partial charge in [0.25, 0.3) is 5.56 Å². The van der Waals surface area contributed by atoms with E-state index in [0.717, 1.165) is 9.80 Å². The van der Waals surface area contributed by atoms with Crippen LogP contribution in [0.1, 0.15) is 20.8 Å². The lowest BCUT2D eigenvalue weighted by atomic mass is 10.0. The van der Waals surface area contributed by atoms with Crippen LogP contribution in [0.5, 0.6) is 0 Å². The van der Waals surface area contributed by atoms with Crippen LogP contribution in [0.15, 0.2) is 4.79 Å². The van der Waals surface area contributed by atoms with E-state index < -0.39 is 35.6 Å². The number of nitrogens with zero attached hydrogens (tertiary/aromatic N) is 3. The van der Waals surface area contributed by atoms with E-state index in [1.54, 1.807) is 0 Å². The van der Waals surface area contributed by atoms with Crippen LogP contribution in [0.3, 0.4) is 0 Å². The summed E-state index contributed by atoms with van der Waals surface area (Å²) in [5.41, 5.74) is 4.62. The van der Waals surface area contributed by atoms with E-state index in [0.29, 0.717) is 0 Å². The number of aliphatic hydroxyl groups is 2. The number of hydrogen-bond donors (Lipinski definition) is 4. The molecule has 0 saturated heterocycles. The third kappa shape index (κ3) is 2.90. The Bertz CT molecular complexity index is 700. The van der Waals surface area contributed by atoms with Crippen molar-refractivity contribution < 1.29 is 19.8 Å². The highest BCUT2D eigenvalue weighted by molar-refractivity contribution is 6.02. The summed E-state index contributed by atoms with van der Waals surface area (Å²) in [6, 6.07) is -0.990. The van der Waals surface area contributed by atoms with Gasteiger partial charge >= 0.3 is 0 Å². The van der Waals surface area contributed by atoms with Gasteiger partial charge in [-0.15, -0.1) is 0 Å². The molecule has 10 heteroatoms. The summed E-state index contributed by atoms with van der Waals surface area (Å²) in [5.74, 6) is -1.22. The lowest BCUT2D eigenvalue weighted by Gasteiger charge is -2.42. The van der Waals surface area contributed by atoms with E-state index in [9.17, 15) is 24.6 Å². The zero-order valence-corrected chi connectivity index (χ0v) is 13.0. The number of aromatic nitrogens is 2. The van der Waals surface area contributed by atoms with E-state index in [2.05, 4.69) is 9.97 Å². The van der Waals surface area contributed by atoms with Gasteiger partial charge in [0.05, 0.1) is 18.7 Å². The number of rotatable bonds is 2. The van der Waals surface area contributed by atoms with Gasteiger partial charge in [-0.05, 0) is 6.92 Å². The van der Waals surface area contributed by atoms with Crippen LogP contribution in [-0.4, -0.2) is 56.8 Å². The molecule has 1 aliphatic heterocycles. The van der Waals surface area contributed by atoms with Crippen LogP contribution in [0, 0.1) is 0 Å². The molecule has 2 amide bonds. The number of carbonyl (C=O) groups excluding carboxylic acids is 2. The van der Waals surface area contributed by atoms with Crippen molar-refractivity contribution in [3.8, 4) is 0 Å². The largest absolute Gasteiger partial charge is 0.391 e. The molecule has 0 aliphatic carbocycles. The molecular weight excluding hydrogens is 306 g/mol. The van der Waals surface area contributed by atoms with Gasteiger partial charge in [-0.1, -0.05) is 0 Å². The minimum Gasteiger partial charge on any atom is -0.391 e. The number of carbonyl (C=O) groups is 2. The number of nitrogens with two attached hydrogens (primary N) is 1. The Labute approximate surface area is 131 Å². The standard InChI is InChI=1S/C13H19N5O5/c1-5(19)10(22)8-4-17(6(2)20)11-9(18(8)7(3)21)12(23)16-13(14)15-11/h5,8,10,19,22H,4H2,1-3H3,(H3,14,15,16,23)/t5-,8+,10-/m0/s1. The molecule has 0 unspecified atom stereocenters. The maximum atomic E-state index is 12.3. The second kappa shape index (κ2) is 5.97. The SMILES string of the molecule is CC(=O)N1C[C@H]([C@@H](O)[C@H](C)O)N(C(C)=O)c2c1nc(N)[nH]c2=O. The number of aromatic amines is 1. The lowest BCUT2D eigenvalue weighted by molar-refractivity contribution is -0.120. The second-order valence-electron chi connectivity index (χ2n) is 5.44. The fourth-order valence-electron chi connectivity index (χ4n) is 2.65. The summed E-state index contributed by atoms with van der Waals surface area (Å²) in [6.07, 6.45) is -2.52. The molecule has 0 spiro atoms. The molecule has 5 N–H and O–H groups in total. The topological polar surface area (TPSA) is 153 Å². The number of nitrogen functional groups attached to an aromatic ring is 1. The maximum Gasteiger partial charge on any atom is 0.278 e. The van der Waals surface area contributed by atoms with Gasteiger partial charge in [0.2, 0.25) is 17.8 Å². The molecule has 0 aromatic carbocycles.